The summed E-state index contributed by atoms with van der Waals surface area (Å²) in [4.78, 5) is 15.7. The number of nitrogens with one attached hydrogen (secondary N) is 1. The number of rotatable bonds is 7. The molecule has 1 amide bonds. The molecule has 2 heterocycles. The topological polar surface area (TPSA) is 50.2 Å². The fourth-order valence-electron chi connectivity index (χ4n) is 5.18. The third-order valence-electron chi connectivity index (χ3n) is 7.53. The Labute approximate surface area is 218 Å². The van der Waals surface area contributed by atoms with Crippen LogP contribution in [-0.2, 0) is 17.8 Å². The zero-order valence-corrected chi connectivity index (χ0v) is 21.5. The van der Waals surface area contributed by atoms with Gasteiger partial charge in [0.15, 0.2) is 0 Å². The summed E-state index contributed by atoms with van der Waals surface area (Å²) >= 11 is 0. The third kappa shape index (κ3) is 6.25. The van der Waals surface area contributed by atoms with Gasteiger partial charge in [0.05, 0.1) is 17.6 Å². The van der Waals surface area contributed by atoms with E-state index in [9.17, 15) is 9.18 Å². The molecule has 6 heteroatoms. The number of halogens is 1. The van der Waals surface area contributed by atoms with Gasteiger partial charge in [0.1, 0.15) is 5.82 Å². The van der Waals surface area contributed by atoms with Crippen LogP contribution in [0.1, 0.15) is 54.5 Å². The van der Waals surface area contributed by atoms with E-state index in [0.29, 0.717) is 12.1 Å². The van der Waals surface area contributed by atoms with Crippen LogP contribution in [0.3, 0.4) is 0 Å². The molecular weight excluding hydrogens is 463 g/mol. The highest BCUT2D eigenvalue weighted by molar-refractivity contribution is 6.20. The van der Waals surface area contributed by atoms with Gasteiger partial charge in [-0.15, -0.1) is 0 Å². The molecule has 2 aliphatic rings. The standard InChI is InChI=1S/C31H35FN4O/c1-35-19-17-24(18-20-35)8-7-23-9-11-25(12-10-23)21-33-31(37)28-5-3-2-4-6-30-29(28)22-34-36(30)27-15-13-26(32)14-16-27/h4-6,9-16,22,24H,2-3,7-8,17-21H2,1H3,(H,33,37). The van der Waals surface area contributed by atoms with Crippen molar-refractivity contribution < 1.29 is 9.18 Å². The van der Waals surface area contributed by atoms with Crippen LogP contribution in [0.2, 0.25) is 0 Å². The lowest BCUT2D eigenvalue weighted by atomic mass is 9.90. The van der Waals surface area contributed by atoms with Crippen molar-refractivity contribution in [3.63, 3.8) is 0 Å². The van der Waals surface area contributed by atoms with Crippen LogP contribution in [0.5, 0.6) is 0 Å². The first-order valence-corrected chi connectivity index (χ1v) is 13.3. The van der Waals surface area contributed by atoms with E-state index in [1.54, 1.807) is 23.0 Å². The number of hydrogen-bond acceptors (Lipinski definition) is 3. The maximum Gasteiger partial charge on any atom is 0.251 e. The molecule has 0 spiro atoms. The van der Waals surface area contributed by atoms with Gasteiger partial charge in [0, 0.05) is 17.7 Å². The summed E-state index contributed by atoms with van der Waals surface area (Å²) < 4.78 is 15.2. The highest BCUT2D eigenvalue weighted by Crippen LogP contribution is 2.27. The quantitative estimate of drug-likeness (QED) is 0.448. The van der Waals surface area contributed by atoms with E-state index in [4.69, 9.17) is 0 Å². The number of nitrogens with zero attached hydrogens (tertiary/aromatic N) is 3. The van der Waals surface area contributed by atoms with Gasteiger partial charge in [-0.05, 0) is 106 Å². The lowest BCUT2D eigenvalue weighted by Gasteiger charge is -2.28. The number of piperidine rings is 1. The molecule has 1 saturated heterocycles. The molecule has 1 aliphatic carbocycles. The van der Waals surface area contributed by atoms with Gasteiger partial charge < -0.3 is 10.2 Å². The van der Waals surface area contributed by atoms with Gasteiger partial charge >= 0.3 is 0 Å². The number of aryl methyl sites for hydroxylation is 1. The molecule has 0 radical (unpaired) electrons. The Kier molecular flexibility index (Phi) is 7.95. The van der Waals surface area contributed by atoms with Crippen LogP contribution < -0.4 is 5.32 Å². The molecule has 192 valence electrons. The number of likely N-dealkylation sites (tertiary alicyclic amines) is 1. The van der Waals surface area contributed by atoms with Crippen LogP contribution in [0, 0.1) is 11.7 Å². The lowest BCUT2D eigenvalue weighted by Crippen LogP contribution is -2.30. The Bertz CT molecular complexity index is 1270. The van der Waals surface area contributed by atoms with E-state index in [-0.39, 0.29) is 11.7 Å². The van der Waals surface area contributed by atoms with E-state index in [1.807, 2.05) is 12.2 Å². The van der Waals surface area contributed by atoms with Crippen molar-refractivity contribution in [2.24, 2.45) is 5.92 Å². The molecule has 1 aliphatic heterocycles. The third-order valence-corrected chi connectivity index (χ3v) is 7.53. The zero-order valence-electron chi connectivity index (χ0n) is 21.5. The molecule has 5 rings (SSSR count). The molecule has 0 saturated carbocycles. The number of amides is 1. The first-order chi connectivity index (χ1) is 18.1. The number of carbonyl (C=O) groups excluding carboxylic acids is 1. The average molecular weight is 499 g/mol. The number of fused-ring (bicyclic) bond motifs is 1. The summed E-state index contributed by atoms with van der Waals surface area (Å²) in [6.07, 6.45) is 14.4. The van der Waals surface area contributed by atoms with E-state index < -0.39 is 0 Å². The van der Waals surface area contributed by atoms with E-state index in [1.165, 1.54) is 50.0 Å². The van der Waals surface area contributed by atoms with Crippen molar-refractivity contribution in [2.75, 3.05) is 20.1 Å². The maximum absolute atomic E-state index is 13.4. The fourth-order valence-corrected chi connectivity index (χ4v) is 5.18. The minimum absolute atomic E-state index is 0.110. The molecule has 0 atom stereocenters. The molecule has 1 aromatic heterocycles. The largest absolute Gasteiger partial charge is 0.348 e. The first-order valence-electron chi connectivity index (χ1n) is 13.3. The smallest absolute Gasteiger partial charge is 0.251 e. The number of allylic oxidation sites excluding steroid dienone is 2. The minimum Gasteiger partial charge on any atom is -0.348 e. The van der Waals surface area contributed by atoms with E-state index >= 15 is 0 Å². The lowest BCUT2D eigenvalue weighted by molar-refractivity contribution is -0.115. The molecule has 5 nitrogen and oxygen atoms in total. The molecular formula is C31H35FN4O. The summed E-state index contributed by atoms with van der Waals surface area (Å²) in [6, 6.07) is 14.8. The Hall–Kier alpha value is -3.51. The first kappa shape index (κ1) is 25.2. The minimum atomic E-state index is -0.292. The van der Waals surface area contributed by atoms with Crippen molar-refractivity contribution in [1.82, 2.24) is 20.0 Å². The Morgan fingerprint density at radius 3 is 2.51 bits per heavy atom. The van der Waals surface area contributed by atoms with Crippen LogP contribution >= 0.6 is 0 Å². The highest BCUT2D eigenvalue weighted by Gasteiger charge is 2.20. The Morgan fingerprint density at radius 1 is 1.03 bits per heavy atom. The number of hydrogen-bond donors (Lipinski definition) is 1. The summed E-state index contributed by atoms with van der Waals surface area (Å²) in [5, 5.41) is 7.62. The van der Waals surface area contributed by atoms with Crippen molar-refractivity contribution >= 4 is 17.6 Å². The second kappa shape index (κ2) is 11.7. The maximum atomic E-state index is 13.4. The molecule has 1 fully saturated rings. The van der Waals surface area contributed by atoms with E-state index in [2.05, 4.69) is 52.7 Å². The highest BCUT2D eigenvalue weighted by atomic mass is 19.1. The van der Waals surface area contributed by atoms with Gasteiger partial charge in [-0.3, -0.25) is 4.79 Å². The van der Waals surface area contributed by atoms with Crippen molar-refractivity contribution in [3.05, 3.63) is 95.1 Å². The van der Waals surface area contributed by atoms with Crippen molar-refractivity contribution in [3.8, 4) is 5.69 Å². The van der Waals surface area contributed by atoms with Gasteiger partial charge in [0.25, 0.3) is 5.91 Å². The molecule has 37 heavy (non-hydrogen) atoms. The molecule has 3 aromatic rings. The molecule has 2 aromatic carbocycles. The summed E-state index contributed by atoms with van der Waals surface area (Å²) in [7, 11) is 2.21. The SMILES string of the molecule is CN1CCC(CCc2ccc(CNC(=O)C3=CCCC=Cc4c3cnn4-c3ccc(F)cc3)cc2)CC1. The van der Waals surface area contributed by atoms with Crippen molar-refractivity contribution in [2.45, 2.75) is 45.1 Å². The number of aromatic nitrogens is 2. The van der Waals surface area contributed by atoms with Crippen LogP contribution in [0.4, 0.5) is 4.39 Å². The van der Waals surface area contributed by atoms with Crippen LogP contribution in [0.25, 0.3) is 17.3 Å². The predicted octanol–water partition coefficient (Wildman–Crippen LogP) is 5.79. The van der Waals surface area contributed by atoms with Crippen LogP contribution in [-0.4, -0.2) is 40.7 Å². The van der Waals surface area contributed by atoms with Gasteiger partial charge in [-0.2, -0.15) is 5.10 Å². The van der Waals surface area contributed by atoms with Gasteiger partial charge in [0.2, 0.25) is 0 Å². The number of carbonyl (C=O) groups is 1. The normalized spacial score (nSPS) is 16.5. The average Bonchev–Trinajstić information content (AvgIpc) is 3.30. The number of benzene rings is 2. The zero-order chi connectivity index (χ0) is 25.6. The second-order valence-electron chi connectivity index (χ2n) is 10.2. The van der Waals surface area contributed by atoms with Gasteiger partial charge in [-0.1, -0.05) is 36.4 Å². The second-order valence-corrected chi connectivity index (χ2v) is 10.2. The van der Waals surface area contributed by atoms with Crippen molar-refractivity contribution in [1.29, 1.82) is 0 Å². The van der Waals surface area contributed by atoms with E-state index in [0.717, 1.165) is 47.7 Å². The van der Waals surface area contributed by atoms with Gasteiger partial charge in [-0.25, -0.2) is 9.07 Å². The summed E-state index contributed by atoms with van der Waals surface area (Å²) in [5.41, 5.74) is 5.43. The Balaban J connectivity index is 1.22. The summed E-state index contributed by atoms with van der Waals surface area (Å²) in [6.45, 7) is 2.90. The predicted molar refractivity (Wildman–Crippen MR) is 147 cm³/mol. The molecule has 0 bridgehead atoms. The molecule has 1 N–H and O–H groups in total. The Morgan fingerprint density at radius 2 is 1.76 bits per heavy atom. The fraction of sp³-hybridized carbons (Fsp3) is 0.355. The monoisotopic (exact) mass is 498 g/mol. The molecule has 0 unspecified atom stereocenters. The summed E-state index contributed by atoms with van der Waals surface area (Å²) in [5.74, 6) is 0.431. The van der Waals surface area contributed by atoms with Crippen LogP contribution in [0.15, 0.2) is 66.9 Å².